The molecule has 1 atom stereocenters. The number of alkyl halides is 3. The molecule has 0 radical (unpaired) electrons. The van der Waals surface area contributed by atoms with E-state index in [4.69, 9.17) is 0 Å². The Hall–Kier alpha value is -0.936. The first kappa shape index (κ1) is 16.1. The SMILES string of the molecule is CC(=O)C(C(=O)C(F)(F)F)c1ccccc1.[Ti]. The molecule has 0 aromatic heterocycles. The number of halogens is 3. The third-order valence-corrected chi connectivity index (χ3v) is 2.08. The first-order valence-corrected chi connectivity index (χ1v) is 4.50. The molecule has 0 amide bonds. The summed E-state index contributed by atoms with van der Waals surface area (Å²) in [7, 11) is 0. The Balaban J connectivity index is 0.00000256. The molecule has 1 unspecified atom stereocenters. The summed E-state index contributed by atoms with van der Waals surface area (Å²) in [6.45, 7) is 0.974. The van der Waals surface area contributed by atoms with Gasteiger partial charge in [-0.25, -0.2) is 0 Å². The molecule has 0 spiro atoms. The van der Waals surface area contributed by atoms with Crippen molar-refractivity contribution in [3.63, 3.8) is 0 Å². The van der Waals surface area contributed by atoms with Gasteiger partial charge >= 0.3 is 6.18 Å². The zero-order valence-electron chi connectivity index (χ0n) is 8.91. The summed E-state index contributed by atoms with van der Waals surface area (Å²) in [5.74, 6) is -4.58. The molecule has 0 bridgehead atoms. The van der Waals surface area contributed by atoms with Gasteiger partial charge in [0.05, 0.1) is 0 Å². The summed E-state index contributed by atoms with van der Waals surface area (Å²) in [5, 5.41) is 0. The quantitative estimate of drug-likeness (QED) is 0.628. The minimum atomic E-state index is -4.99. The van der Waals surface area contributed by atoms with Crippen LogP contribution in [0.15, 0.2) is 30.3 Å². The molecule has 0 heterocycles. The van der Waals surface area contributed by atoms with Crippen LogP contribution in [0.25, 0.3) is 0 Å². The van der Waals surface area contributed by atoms with Crippen molar-refractivity contribution in [2.24, 2.45) is 0 Å². The van der Waals surface area contributed by atoms with Crippen molar-refractivity contribution in [1.29, 1.82) is 0 Å². The molecule has 90 valence electrons. The summed E-state index contributed by atoms with van der Waals surface area (Å²) in [5.41, 5.74) is 0.0670. The predicted molar refractivity (Wildman–Crippen MR) is 50.9 cm³/mol. The fourth-order valence-electron chi connectivity index (χ4n) is 1.38. The van der Waals surface area contributed by atoms with Gasteiger partial charge in [0.2, 0.25) is 0 Å². The van der Waals surface area contributed by atoms with Gasteiger partial charge in [0.1, 0.15) is 11.7 Å². The van der Waals surface area contributed by atoms with Crippen LogP contribution in [0.5, 0.6) is 0 Å². The van der Waals surface area contributed by atoms with Gasteiger partial charge in [-0.2, -0.15) is 13.2 Å². The molecule has 0 aliphatic carbocycles. The number of rotatable bonds is 3. The maximum absolute atomic E-state index is 12.2. The molecule has 0 N–H and O–H groups in total. The molecule has 1 aromatic rings. The van der Waals surface area contributed by atoms with Gasteiger partial charge in [-0.15, -0.1) is 0 Å². The van der Waals surface area contributed by atoms with Crippen molar-refractivity contribution in [3.8, 4) is 0 Å². The molecule has 0 aliphatic rings. The molecule has 0 saturated carbocycles. The normalized spacial score (nSPS) is 12.5. The van der Waals surface area contributed by atoms with Crippen molar-refractivity contribution in [2.45, 2.75) is 19.0 Å². The molecule has 1 rings (SSSR count). The summed E-state index contributed by atoms with van der Waals surface area (Å²) in [6.07, 6.45) is -4.99. The fourth-order valence-corrected chi connectivity index (χ4v) is 1.38. The van der Waals surface area contributed by atoms with E-state index < -0.39 is 23.7 Å². The molecule has 0 saturated heterocycles. The van der Waals surface area contributed by atoms with Crippen LogP contribution in [-0.2, 0) is 31.3 Å². The Morgan fingerprint density at radius 2 is 1.59 bits per heavy atom. The first-order valence-electron chi connectivity index (χ1n) is 4.50. The number of Topliss-reactive ketones (excluding diaryl/α,β-unsaturated/α-hetero) is 2. The number of carbonyl (C=O) groups is 2. The van der Waals surface area contributed by atoms with Crippen LogP contribution in [0.3, 0.4) is 0 Å². The molecular weight excluding hydrogens is 269 g/mol. The maximum atomic E-state index is 12.2. The largest absolute Gasteiger partial charge is 0.451 e. The van der Waals surface area contributed by atoms with E-state index in [0.29, 0.717) is 0 Å². The Kier molecular flexibility index (Phi) is 5.78. The standard InChI is InChI=1S/C11H9F3O2.Ti/c1-7(15)9(10(16)11(12,13)14)8-5-3-2-4-6-8;/h2-6,9H,1H3;. The van der Waals surface area contributed by atoms with Crippen molar-refractivity contribution >= 4 is 11.6 Å². The van der Waals surface area contributed by atoms with Gasteiger partial charge in [-0.1, -0.05) is 30.3 Å². The van der Waals surface area contributed by atoms with Crippen LogP contribution >= 0.6 is 0 Å². The number of ketones is 2. The molecule has 0 aliphatic heterocycles. The summed E-state index contributed by atoms with van der Waals surface area (Å²) >= 11 is 0. The van der Waals surface area contributed by atoms with Gasteiger partial charge in [0, 0.05) is 21.7 Å². The van der Waals surface area contributed by atoms with E-state index in [1.807, 2.05) is 0 Å². The van der Waals surface area contributed by atoms with Gasteiger partial charge in [0.25, 0.3) is 5.78 Å². The van der Waals surface area contributed by atoms with Gasteiger partial charge < -0.3 is 0 Å². The second-order valence-corrected chi connectivity index (χ2v) is 3.32. The van der Waals surface area contributed by atoms with Crippen molar-refractivity contribution in [3.05, 3.63) is 35.9 Å². The number of hydrogen-bond donors (Lipinski definition) is 0. The third kappa shape index (κ3) is 4.09. The van der Waals surface area contributed by atoms with Crippen LogP contribution in [0.2, 0.25) is 0 Å². The van der Waals surface area contributed by atoms with Crippen LogP contribution in [0, 0.1) is 0 Å². The topological polar surface area (TPSA) is 34.1 Å². The second-order valence-electron chi connectivity index (χ2n) is 3.32. The van der Waals surface area contributed by atoms with E-state index in [-0.39, 0.29) is 27.3 Å². The van der Waals surface area contributed by atoms with E-state index in [1.165, 1.54) is 24.3 Å². The van der Waals surface area contributed by atoms with Crippen LogP contribution < -0.4 is 0 Å². The average Bonchev–Trinajstić information content (AvgIpc) is 2.17. The van der Waals surface area contributed by atoms with E-state index in [2.05, 4.69) is 0 Å². The van der Waals surface area contributed by atoms with Crippen LogP contribution in [0.4, 0.5) is 13.2 Å². The minimum Gasteiger partial charge on any atom is -0.299 e. The van der Waals surface area contributed by atoms with Gasteiger partial charge in [-0.3, -0.25) is 9.59 Å². The van der Waals surface area contributed by atoms with E-state index in [0.717, 1.165) is 6.92 Å². The van der Waals surface area contributed by atoms with E-state index >= 15 is 0 Å². The fraction of sp³-hybridized carbons (Fsp3) is 0.273. The summed E-state index contributed by atoms with van der Waals surface area (Å²) in [6, 6.07) is 7.22. The molecule has 0 fully saturated rings. The Morgan fingerprint density at radius 1 is 1.12 bits per heavy atom. The third-order valence-electron chi connectivity index (χ3n) is 2.08. The molecule has 1 aromatic carbocycles. The smallest absolute Gasteiger partial charge is 0.299 e. The Labute approximate surface area is 111 Å². The monoisotopic (exact) mass is 278 g/mol. The Bertz CT molecular complexity index is 401. The maximum Gasteiger partial charge on any atom is 0.451 e. The summed E-state index contributed by atoms with van der Waals surface area (Å²) in [4.78, 5) is 22.2. The van der Waals surface area contributed by atoms with Crippen LogP contribution in [0.1, 0.15) is 18.4 Å². The van der Waals surface area contributed by atoms with E-state index in [9.17, 15) is 22.8 Å². The number of benzene rings is 1. The van der Waals surface area contributed by atoms with E-state index in [1.54, 1.807) is 6.07 Å². The average molecular weight is 278 g/mol. The molecule has 17 heavy (non-hydrogen) atoms. The molecule has 2 nitrogen and oxygen atoms in total. The second kappa shape index (κ2) is 6.12. The number of carbonyl (C=O) groups excluding carboxylic acids is 2. The van der Waals surface area contributed by atoms with Gasteiger partial charge in [-0.05, 0) is 12.5 Å². The van der Waals surface area contributed by atoms with Crippen LogP contribution in [-0.4, -0.2) is 17.7 Å². The predicted octanol–water partition coefficient (Wildman–Crippen LogP) is 2.49. The minimum absolute atomic E-state index is 0. The zero-order chi connectivity index (χ0) is 12.3. The zero-order valence-corrected chi connectivity index (χ0v) is 10.5. The molecular formula is C11H9F3O2Ti. The first-order chi connectivity index (χ1) is 7.34. The van der Waals surface area contributed by atoms with Gasteiger partial charge in [0.15, 0.2) is 0 Å². The van der Waals surface area contributed by atoms with Crippen molar-refractivity contribution in [1.82, 2.24) is 0 Å². The summed E-state index contributed by atoms with van der Waals surface area (Å²) < 4.78 is 36.7. The van der Waals surface area contributed by atoms with Crippen molar-refractivity contribution < 1.29 is 44.5 Å². The molecule has 6 heteroatoms. The van der Waals surface area contributed by atoms with Crippen molar-refractivity contribution in [2.75, 3.05) is 0 Å². The Morgan fingerprint density at radius 3 is 1.94 bits per heavy atom. The number of hydrogen-bond acceptors (Lipinski definition) is 2.